The third-order valence-electron chi connectivity index (χ3n) is 6.29. The molecule has 0 aliphatic carbocycles. The smallest absolute Gasteiger partial charge is 0.173 e. The number of hydrogen-bond acceptors (Lipinski definition) is 6. The quantitative estimate of drug-likeness (QED) is 0.420. The number of methoxy groups -OCH3 is 1. The van der Waals surface area contributed by atoms with E-state index in [-0.39, 0.29) is 11.9 Å². The van der Waals surface area contributed by atoms with E-state index in [0.717, 1.165) is 35.8 Å². The second-order valence-corrected chi connectivity index (χ2v) is 8.30. The van der Waals surface area contributed by atoms with Crippen LogP contribution in [-0.2, 0) is 6.54 Å². The van der Waals surface area contributed by atoms with E-state index in [1.165, 1.54) is 6.07 Å². The first-order valence-corrected chi connectivity index (χ1v) is 11.4. The van der Waals surface area contributed by atoms with Crippen molar-refractivity contribution in [3.8, 4) is 5.75 Å². The minimum atomic E-state index is -0.197. The van der Waals surface area contributed by atoms with Gasteiger partial charge in [0, 0.05) is 31.7 Å². The van der Waals surface area contributed by atoms with Crippen molar-refractivity contribution in [1.82, 2.24) is 25.1 Å². The molecule has 1 fully saturated rings. The van der Waals surface area contributed by atoms with Gasteiger partial charge in [0.05, 0.1) is 19.3 Å². The zero-order valence-electron chi connectivity index (χ0n) is 19.1. The first kappa shape index (κ1) is 22.0. The third kappa shape index (κ3) is 4.49. The lowest BCUT2D eigenvalue weighted by Gasteiger charge is -2.40. The van der Waals surface area contributed by atoms with Crippen molar-refractivity contribution >= 4 is 5.69 Å². The van der Waals surface area contributed by atoms with E-state index < -0.39 is 0 Å². The van der Waals surface area contributed by atoms with Gasteiger partial charge in [-0.15, -0.1) is 5.10 Å². The summed E-state index contributed by atoms with van der Waals surface area (Å²) in [6.45, 7) is 3.44. The summed E-state index contributed by atoms with van der Waals surface area (Å²) in [6.07, 6.45) is 0. The lowest BCUT2D eigenvalue weighted by Crippen LogP contribution is -2.48. The summed E-state index contributed by atoms with van der Waals surface area (Å²) in [5, 5.41) is 12.8. The average molecular weight is 459 g/mol. The lowest BCUT2D eigenvalue weighted by molar-refractivity contribution is 0.197. The zero-order chi connectivity index (χ0) is 23.3. The molecule has 0 amide bonds. The van der Waals surface area contributed by atoms with E-state index in [2.05, 4.69) is 43.5 Å². The fourth-order valence-electron chi connectivity index (χ4n) is 4.60. The molecule has 34 heavy (non-hydrogen) atoms. The van der Waals surface area contributed by atoms with Gasteiger partial charge in [-0.25, -0.2) is 9.07 Å². The molecule has 0 N–H and O–H groups in total. The van der Waals surface area contributed by atoms with Crippen molar-refractivity contribution in [1.29, 1.82) is 0 Å². The molecule has 2 heterocycles. The van der Waals surface area contributed by atoms with Gasteiger partial charge >= 0.3 is 0 Å². The highest BCUT2D eigenvalue weighted by molar-refractivity contribution is 5.48. The Kier molecular flexibility index (Phi) is 6.49. The summed E-state index contributed by atoms with van der Waals surface area (Å²) < 4.78 is 21.9. The Morgan fingerprint density at radius 3 is 2.35 bits per heavy atom. The van der Waals surface area contributed by atoms with Gasteiger partial charge < -0.3 is 9.64 Å². The number of benzene rings is 3. The number of halogens is 1. The largest absolute Gasteiger partial charge is 0.496 e. The molecule has 0 bridgehead atoms. The molecule has 1 saturated heterocycles. The predicted molar refractivity (Wildman–Crippen MR) is 128 cm³/mol. The molecule has 7 nitrogen and oxygen atoms in total. The molecule has 8 heteroatoms. The summed E-state index contributed by atoms with van der Waals surface area (Å²) in [7, 11) is 1.68. The average Bonchev–Trinajstić information content (AvgIpc) is 3.33. The van der Waals surface area contributed by atoms with Crippen LogP contribution in [0, 0.1) is 5.82 Å². The number of nitrogens with zero attached hydrogens (tertiary/aromatic N) is 6. The van der Waals surface area contributed by atoms with Gasteiger partial charge in [0.2, 0.25) is 0 Å². The van der Waals surface area contributed by atoms with E-state index in [4.69, 9.17) is 4.74 Å². The molecule has 5 rings (SSSR count). The Balaban J connectivity index is 1.46. The summed E-state index contributed by atoms with van der Waals surface area (Å²) in [4.78, 5) is 4.44. The van der Waals surface area contributed by atoms with Crippen LogP contribution in [-0.4, -0.2) is 58.4 Å². The lowest BCUT2D eigenvalue weighted by atomic mass is 10.0. The maximum absolute atomic E-state index is 14.4. The first-order valence-electron chi connectivity index (χ1n) is 11.4. The van der Waals surface area contributed by atoms with Crippen LogP contribution in [0.1, 0.15) is 23.0 Å². The number of anilines is 1. The molecule has 174 valence electrons. The van der Waals surface area contributed by atoms with Crippen LogP contribution in [0.25, 0.3) is 0 Å². The van der Waals surface area contributed by atoms with Crippen molar-refractivity contribution in [3.63, 3.8) is 0 Å². The van der Waals surface area contributed by atoms with Crippen molar-refractivity contribution in [3.05, 3.63) is 102 Å². The standard InChI is InChI=1S/C26H27FN6O/c1-34-24-14-8-5-11-21(24)25(26-28-29-30-33(26)19-20-9-3-2-4-10-20)32-17-15-31(16-18-32)23-13-7-6-12-22(23)27/h2-14,25H,15-19H2,1H3. The molecule has 0 saturated carbocycles. The van der Waals surface area contributed by atoms with E-state index in [0.29, 0.717) is 25.3 Å². The summed E-state index contributed by atoms with van der Waals surface area (Å²) in [6, 6.07) is 24.9. The van der Waals surface area contributed by atoms with Crippen molar-refractivity contribution < 1.29 is 9.13 Å². The van der Waals surface area contributed by atoms with Crippen molar-refractivity contribution in [2.45, 2.75) is 12.6 Å². The number of hydrogen-bond donors (Lipinski definition) is 0. The Morgan fingerprint density at radius 1 is 0.882 bits per heavy atom. The minimum absolute atomic E-state index is 0.191. The van der Waals surface area contributed by atoms with E-state index in [1.807, 2.05) is 53.2 Å². The fraction of sp³-hybridized carbons (Fsp3) is 0.269. The van der Waals surface area contributed by atoms with Gasteiger partial charge in [-0.2, -0.15) is 0 Å². The Labute approximate surface area is 198 Å². The number of piperazine rings is 1. The summed E-state index contributed by atoms with van der Waals surface area (Å²) in [5.41, 5.74) is 2.78. The number of para-hydroxylation sites is 2. The topological polar surface area (TPSA) is 59.3 Å². The van der Waals surface area contributed by atoms with Crippen LogP contribution in [0.2, 0.25) is 0 Å². The predicted octanol–water partition coefficient (Wildman–Crippen LogP) is 3.78. The zero-order valence-corrected chi connectivity index (χ0v) is 19.1. The van der Waals surface area contributed by atoms with Gasteiger partial charge in [0.1, 0.15) is 17.6 Å². The molecular formula is C26H27FN6O. The monoisotopic (exact) mass is 458 g/mol. The highest BCUT2D eigenvalue weighted by atomic mass is 19.1. The van der Waals surface area contributed by atoms with Gasteiger partial charge in [-0.3, -0.25) is 4.90 Å². The summed E-state index contributed by atoms with van der Waals surface area (Å²) >= 11 is 0. The van der Waals surface area contributed by atoms with Crippen LogP contribution < -0.4 is 9.64 Å². The maximum atomic E-state index is 14.4. The van der Waals surface area contributed by atoms with Crippen LogP contribution in [0.4, 0.5) is 10.1 Å². The highest BCUT2D eigenvalue weighted by Crippen LogP contribution is 2.35. The van der Waals surface area contributed by atoms with Crippen LogP contribution in [0.3, 0.4) is 0 Å². The summed E-state index contributed by atoms with van der Waals surface area (Å²) in [5.74, 6) is 1.36. The van der Waals surface area contributed by atoms with E-state index in [1.54, 1.807) is 13.2 Å². The Bertz CT molecular complexity index is 1220. The molecule has 1 aromatic heterocycles. The van der Waals surface area contributed by atoms with Gasteiger partial charge in [-0.05, 0) is 34.2 Å². The molecule has 1 atom stereocenters. The highest BCUT2D eigenvalue weighted by Gasteiger charge is 2.33. The second kappa shape index (κ2) is 10.0. The van der Waals surface area contributed by atoms with Crippen LogP contribution >= 0.6 is 0 Å². The second-order valence-electron chi connectivity index (χ2n) is 8.30. The van der Waals surface area contributed by atoms with Crippen LogP contribution in [0.15, 0.2) is 78.9 Å². The molecule has 0 radical (unpaired) electrons. The number of ether oxygens (including phenoxy) is 1. The van der Waals surface area contributed by atoms with E-state index in [9.17, 15) is 4.39 Å². The normalized spacial score (nSPS) is 15.3. The fourth-order valence-corrected chi connectivity index (χ4v) is 4.60. The van der Waals surface area contributed by atoms with Gasteiger partial charge in [0.25, 0.3) is 0 Å². The molecule has 3 aromatic carbocycles. The van der Waals surface area contributed by atoms with Crippen LogP contribution in [0.5, 0.6) is 5.75 Å². The molecule has 0 spiro atoms. The number of aromatic nitrogens is 4. The molecular weight excluding hydrogens is 431 g/mol. The third-order valence-corrected chi connectivity index (χ3v) is 6.29. The Morgan fingerprint density at radius 2 is 1.59 bits per heavy atom. The molecule has 1 aliphatic rings. The number of rotatable bonds is 7. The molecule has 1 unspecified atom stereocenters. The van der Waals surface area contributed by atoms with E-state index >= 15 is 0 Å². The maximum Gasteiger partial charge on any atom is 0.173 e. The first-order chi connectivity index (χ1) is 16.7. The Hall–Kier alpha value is -3.78. The van der Waals surface area contributed by atoms with Crippen molar-refractivity contribution in [2.75, 3.05) is 38.2 Å². The molecule has 4 aromatic rings. The minimum Gasteiger partial charge on any atom is -0.496 e. The van der Waals surface area contributed by atoms with Crippen molar-refractivity contribution in [2.24, 2.45) is 0 Å². The van der Waals surface area contributed by atoms with Gasteiger partial charge in [-0.1, -0.05) is 60.7 Å². The number of tetrazole rings is 1. The van der Waals surface area contributed by atoms with Gasteiger partial charge in [0.15, 0.2) is 5.82 Å². The molecule has 1 aliphatic heterocycles. The SMILES string of the molecule is COc1ccccc1C(c1nnnn1Cc1ccccc1)N1CCN(c2ccccc2F)CC1.